The minimum atomic E-state index is -1.05. The van der Waals surface area contributed by atoms with Crippen LogP contribution in [0.25, 0.3) is 0 Å². The molecule has 0 unspecified atom stereocenters. The van der Waals surface area contributed by atoms with Gasteiger partial charge >= 0.3 is 0 Å². The van der Waals surface area contributed by atoms with Gasteiger partial charge in [-0.3, -0.25) is 0 Å². The maximum atomic E-state index is 13.5. The molecule has 1 aromatic heterocycles. The van der Waals surface area contributed by atoms with Gasteiger partial charge < -0.3 is 10.7 Å². The van der Waals surface area contributed by atoms with Crippen molar-refractivity contribution in [3.63, 3.8) is 0 Å². The zero-order valence-electron chi connectivity index (χ0n) is 10.5. The number of nitrogen functional groups attached to an aromatic ring is 1. The van der Waals surface area contributed by atoms with Crippen molar-refractivity contribution in [2.75, 3.05) is 10.7 Å². The molecule has 0 saturated heterocycles. The first-order chi connectivity index (χ1) is 9.53. The summed E-state index contributed by atoms with van der Waals surface area (Å²) in [6.45, 7) is 1.82. The molecule has 0 saturated carbocycles. The number of anilines is 3. The van der Waals surface area contributed by atoms with Crippen molar-refractivity contribution in [1.29, 1.82) is 0 Å². The van der Waals surface area contributed by atoms with Crippen LogP contribution in [0.4, 0.5) is 30.5 Å². The summed E-state index contributed by atoms with van der Waals surface area (Å²) in [5, 5.41) is 2.45. The van der Waals surface area contributed by atoms with Gasteiger partial charge in [-0.2, -0.15) is 0 Å². The summed E-state index contributed by atoms with van der Waals surface area (Å²) in [6, 6.07) is 2.53. The standard InChI is InChI=1S/C12H12F3N5/c1-2-9-17-10(5-11(18-9)20-16)19-12-7(14)3-6(13)4-8(12)15/h3-5H,2,16H2,1H3,(H2,17,18,19,20). The molecule has 0 amide bonds. The van der Waals surface area contributed by atoms with Crippen LogP contribution in [0.2, 0.25) is 0 Å². The smallest absolute Gasteiger partial charge is 0.152 e. The van der Waals surface area contributed by atoms with E-state index in [1.54, 1.807) is 0 Å². The first-order valence-electron chi connectivity index (χ1n) is 5.79. The summed E-state index contributed by atoms with van der Waals surface area (Å²) in [4.78, 5) is 8.09. The Labute approximate surface area is 113 Å². The number of hydrazine groups is 1. The lowest BCUT2D eigenvalue weighted by Crippen LogP contribution is -2.11. The summed E-state index contributed by atoms with van der Waals surface area (Å²) in [7, 11) is 0. The van der Waals surface area contributed by atoms with Crippen molar-refractivity contribution in [3.05, 3.63) is 41.5 Å². The second-order valence-electron chi connectivity index (χ2n) is 3.92. The van der Waals surface area contributed by atoms with E-state index in [1.165, 1.54) is 6.07 Å². The topological polar surface area (TPSA) is 75.9 Å². The lowest BCUT2D eigenvalue weighted by atomic mass is 10.2. The van der Waals surface area contributed by atoms with Crippen LogP contribution in [0.3, 0.4) is 0 Å². The average molecular weight is 283 g/mol. The Bertz CT molecular complexity index is 587. The zero-order valence-corrected chi connectivity index (χ0v) is 10.5. The molecule has 1 aromatic carbocycles. The number of hydrogen-bond acceptors (Lipinski definition) is 5. The van der Waals surface area contributed by atoms with E-state index in [0.29, 0.717) is 30.2 Å². The molecule has 0 spiro atoms. The predicted octanol–water partition coefficient (Wildman–Crippen LogP) is 2.49. The van der Waals surface area contributed by atoms with Gasteiger partial charge in [0.15, 0.2) is 11.6 Å². The van der Waals surface area contributed by atoms with Gasteiger partial charge in [-0.25, -0.2) is 29.0 Å². The molecule has 0 aliphatic carbocycles. The first kappa shape index (κ1) is 14.1. The molecule has 2 rings (SSSR count). The highest BCUT2D eigenvalue weighted by molar-refractivity contribution is 5.60. The SMILES string of the molecule is CCc1nc(NN)cc(Nc2c(F)cc(F)cc2F)n1. The number of aromatic nitrogens is 2. The van der Waals surface area contributed by atoms with Gasteiger partial charge in [0.05, 0.1) is 0 Å². The molecule has 20 heavy (non-hydrogen) atoms. The largest absolute Gasteiger partial charge is 0.335 e. The second kappa shape index (κ2) is 5.74. The number of halogens is 3. The van der Waals surface area contributed by atoms with Crippen LogP contribution in [-0.4, -0.2) is 9.97 Å². The Morgan fingerprint density at radius 2 is 1.65 bits per heavy atom. The maximum absolute atomic E-state index is 13.5. The third-order valence-electron chi connectivity index (χ3n) is 2.50. The van der Waals surface area contributed by atoms with Crippen LogP contribution >= 0.6 is 0 Å². The van der Waals surface area contributed by atoms with Gasteiger partial charge in [0, 0.05) is 24.6 Å². The summed E-state index contributed by atoms with van der Waals surface area (Å²) in [5.74, 6) is 3.02. The van der Waals surface area contributed by atoms with Crippen molar-refractivity contribution < 1.29 is 13.2 Å². The monoisotopic (exact) mass is 283 g/mol. The molecule has 0 aliphatic heterocycles. The Hall–Kier alpha value is -2.35. The Morgan fingerprint density at radius 1 is 1.05 bits per heavy atom. The summed E-state index contributed by atoms with van der Waals surface area (Å²) < 4.78 is 39.9. The molecule has 8 heteroatoms. The van der Waals surface area contributed by atoms with Crippen molar-refractivity contribution >= 4 is 17.3 Å². The summed E-state index contributed by atoms with van der Waals surface area (Å²) in [5.41, 5.74) is 1.84. The van der Waals surface area contributed by atoms with E-state index in [0.717, 1.165) is 0 Å². The highest BCUT2D eigenvalue weighted by Gasteiger charge is 2.13. The number of nitrogens with two attached hydrogens (primary N) is 1. The number of nitrogens with one attached hydrogen (secondary N) is 2. The van der Waals surface area contributed by atoms with Crippen LogP contribution in [-0.2, 0) is 6.42 Å². The van der Waals surface area contributed by atoms with Crippen LogP contribution in [0.15, 0.2) is 18.2 Å². The summed E-state index contributed by atoms with van der Waals surface area (Å²) in [6.07, 6.45) is 0.512. The van der Waals surface area contributed by atoms with Crippen molar-refractivity contribution in [2.45, 2.75) is 13.3 Å². The Balaban J connectivity index is 2.39. The molecular weight excluding hydrogens is 271 g/mol. The fourth-order valence-electron chi connectivity index (χ4n) is 1.58. The van der Waals surface area contributed by atoms with Gasteiger partial charge in [-0.15, -0.1) is 0 Å². The molecule has 1 heterocycles. The van der Waals surface area contributed by atoms with Crippen molar-refractivity contribution in [1.82, 2.24) is 9.97 Å². The zero-order chi connectivity index (χ0) is 14.7. The number of nitrogens with zero attached hydrogens (tertiary/aromatic N) is 2. The molecule has 0 bridgehead atoms. The van der Waals surface area contributed by atoms with E-state index >= 15 is 0 Å². The minimum Gasteiger partial charge on any atom is -0.335 e. The molecule has 4 N–H and O–H groups in total. The molecule has 0 aliphatic rings. The van der Waals surface area contributed by atoms with E-state index in [9.17, 15) is 13.2 Å². The fraction of sp³-hybridized carbons (Fsp3) is 0.167. The van der Waals surface area contributed by atoms with Gasteiger partial charge in [-0.1, -0.05) is 6.92 Å². The van der Waals surface area contributed by atoms with Crippen LogP contribution in [0.1, 0.15) is 12.7 Å². The molecule has 106 valence electrons. The van der Waals surface area contributed by atoms with Gasteiger partial charge in [0.25, 0.3) is 0 Å². The Kier molecular flexibility index (Phi) is 4.04. The van der Waals surface area contributed by atoms with Crippen LogP contribution < -0.4 is 16.6 Å². The summed E-state index contributed by atoms with van der Waals surface area (Å²) >= 11 is 0. The van der Waals surface area contributed by atoms with E-state index in [4.69, 9.17) is 5.84 Å². The average Bonchev–Trinajstić information content (AvgIpc) is 2.42. The first-order valence-corrected chi connectivity index (χ1v) is 5.79. The number of benzene rings is 1. The van der Waals surface area contributed by atoms with Crippen molar-refractivity contribution in [3.8, 4) is 0 Å². The van der Waals surface area contributed by atoms with Gasteiger partial charge in [0.1, 0.15) is 29.0 Å². The van der Waals surface area contributed by atoms with E-state index < -0.39 is 23.1 Å². The third-order valence-corrected chi connectivity index (χ3v) is 2.50. The molecule has 0 atom stereocenters. The maximum Gasteiger partial charge on any atom is 0.152 e. The lowest BCUT2D eigenvalue weighted by molar-refractivity contribution is 0.548. The molecule has 0 fully saturated rings. The number of hydrogen-bond donors (Lipinski definition) is 3. The fourth-order valence-corrected chi connectivity index (χ4v) is 1.58. The second-order valence-corrected chi connectivity index (χ2v) is 3.92. The van der Waals surface area contributed by atoms with E-state index in [1.807, 2.05) is 6.92 Å². The minimum absolute atomic E-state index is 0.147. The quantitative estimate of drug-likeness (QED) is 0.593. The van der Waals surface area contributed by atoms with Gasteiger partial charge in [-0.05, 0) is 0 Å². The highest BCUT2D eigenvalue weighted by atomic mass is 19.1. The lowest BCUT2D eigenvalue weighted by Gasteiger charge is -2.10. The third kappa shape index (κ3) is 2.97. The normalized spacial score (nSPS) is 10.4. The number of aryl methyl sites for hydroxylation is 1. The van der Waals surface area contributed by atoms with Gasteiger partial charge in [0.2, 0.25) is 0 Å². The molecule has 0 radical (unpaired) electrons. The van der Waals surface area contributed by atoms with Crippen molar-refractivity contribution in [2.24, 2.45) is 5.84 Å². The van der Waals surface area contributed by atoms with E-state index in [-0.39, 0.29) is 5.82 Å². The van der Waals surface area contributed by atoms with E-state index in [2.05, 4.69) is 20.7 Å². The Morgan fingerprint density at radius 3 is 2.20 bits per heavy atom. The number of rotatable bonds is 4. The van der Waals surface area contributed by atoms with Crippen LogP contribution in [0, 0.1) is 17.5 Å². The molecular formula is C12H12F3N5. The molecule has 2 aromatic rings. The highest BCUT2D eigenvalue weighted by Crippen LogP contribution is 2.24. The molecule has 5 nitrogen and oxygen atoms in total. The predicted molar refractivity (Wildman–Crippen MR) is 68.8 cm³/mol. The van der Waals surface area contributed by atoms with Crippen LogP contribution in [0.5, 0.6) is 0 Å².